The number of benzene rings is 1. The van der Waals surface area contributed by atoms with Crippen molar-refractivity contribution in [3.8, 4) is 5.75 Å². The molecule has 1 aromatic carbocycles. The van der Waals surface area contributed by atoms with Crippen molar-refractivity contribution in [2.24, 2.45) is 4.99 Å². The van der Waals surface area contributed by atoms with Gasteiger partial charge in [0.05, 0.1) is 13.2 Å². The lowest BCUT2D eigenvalue weighted by molar-refractivity contribution is -0.131. The van der Waals surface area contributed by atoms with Gasteiger partial charge in [0.25, 0.3) is 0 Å². The van der Waals surface area contributed by atoms with E-state index in [2.05, 4.69) is 33.1 Å². The van der Waals surface area contributed by atoms with Gasteiger partial charge in [-0.05, 0) is 37.8 Å². The van der Waals surface area contributed by atoms with E-state index in [0.717, 1.165) is 82.3 Å². The SMILES string of the molecule is CN=C(NCCCOc1ccccc1C)N1CCN(CC(=O)N2CCCC2)CC1. The van der Waals surface area contributed by atoms with Gasteiger partial charge in [-0.25, -0.2) is 0 Å². The van der Waals surface area contributed by atoms with Crippen LogP contribution in [0.2, 0.25) is 0 Å². The number of hydrogen-bond acceptors (Lipinski definition) is 4. The van der Waals surface area contributed by atoms with Crippen LogP contribution >= 0.6 is 0 Å². The minimum atomic E-state index is 0.284. The second kappa shape index (κ2) is 11.0. The van der Waals surface area contributed by atoms with Gasteiger partial charge in [0, 0.05) is 52.9 Å². The Morgan fingerprint density at radius 1 is 1.07 bits per heavy atom. The number of piperazine rings is 1. The monoisotopic (exact) mass is 401 g/mol. The number of hydrogen-bond donors (Lipinski definition) is 1. The number of guanidine groups is 1. The summed E-state index contributed by atoms with van der Waals surface area (Å²) in [4.78, 5) is 23.3. The zero-order chi connectivity index (χ0) is 20.5. The first-order valence-corrected chi connectivity index (χ1v) is 10.8. The topological polar surface area (TPSA) is 60.4 Å². The highest BCUT2D eigenvalue weighted by molar-refractivity contribution is 5.80. The van der Waals surface area contributed by atoms with Crippen LogP contribution in [0.15, 0.2) is 29.3 Å². The van der Waals surface area contributed by atoms with Gasteiger partial charge in [-0.2, -0.15) is 0 Å². The number of amides is 1. The lowest BCUT2D eigenvalue weighted by Crippen LogP contribution is -2.54. The Labute approximate surface area is 174 Å². The van der Waals surface area contributed by atoms with Crippen LogP contribution < -0.4 is 10.1 Å². The number of carbonyl (C=O) groups excluding carboxylic acids is 1. The van der Waals surface area contributed by atoms with Crippen molar-refractivity contribution in [1.29, 1.82) is 0 Å². The van der Waals surface area contributed by atoms with Crippen LogP contribution in [0, 0.1) is 6.92 Å². The number of ether oxygens (including phenoxy) is 1. The largest absolute Gasteiger partial charge is 0.493 e. The molecule has 1 N–H and O–H groups in total. The highest BCUT2D eigenvalue weighted by Crippen LogP contribution is 2.16. The molecule has 0 aliphatic carbocycles. The predicted octanol–water partition coefficient (Wildman–Crippen LogP) is 1.58. The molecule has 0 spiro atoms. The first-order chi connectivity index (χ1) is 14.2. The molecule has 2 fully saturated rings. The maximum absolute atomic E-state index is 12.3. The van der Waals surface area contributed by atoms with Gasteiger partial charge in [-0.1, -0.05) is 18.2 Å². The number of likely N-dealkylation sites (tertiary alicyclic amines) is 1. The summed E-state index contributed by atoms with van der Waals surface area (Å²) in [5.74, 6) is 2.18. The van der Waals surface area contributed by atoms with E-state index in [1.165, 1.54) is 0 Å². The van der Waals surface area contributed by atoms with Crippen molar-refractivity contribution in [2.75, 3.05) is 66.0 Å². The van der Waals surface area contributed by atoms with Crippen LogP contribution in [0.4, 0.5) is 0 Å². The third kappa shape index (κ3) is 6.35. The van der Waals surface area contributed by atoms with Gasteiger partial charge in [0.1, 0.15) is 5.75 Å². The third-order valence-electron chi connectivity index (χ3n) is 5.66. The number of rotatable bonds is 7. The van der Waals surface area contributed by atoms with Crippen LogP contribution in [-0.4, -0.2) is 92.6 Å². The predicted molar refractivity (Wildman–Crippen MR) is 116 cm³/mol. The molecule has 7 heteroatoms. The molecule has 1 amide bonds. The van der Waals surface area contributed by atoms with E-state index in [9.17, 15) is 4.79 Å². The molecule has 2 heterocycles. The maximum Gasteiger partial charge on any atom is 0.236 e. The van der Waals surface area contributed by atoms with E-state index in [1.807, 2.05) is 30.1 Å². The van der Waals surface area contributed by atoms with Crippen LogP contribution in [0.3, 0.4) is 0 Å². The molecule has 2 aliphatic heterocycles. The number of aliphatic imine (C=N–C) groups is 1. The molecule has 0 radical (unpaired) electrons. The summed E-state index contributed by atoms with van der Waals surface area (Å²) in [6.45, 7) is 9.58. The van der Waals surface area contributed by atoms with E-state index in [0.29, 0.717) is 13.2 Å². The summed E-state index contributed by atoms with van der Waals surface area (Å²) < 4.78 is 5.85. The minimum Gasteiger partial charge on any atom is -0.493 e. The molecule has 1 aromatic rings. The Bertz CT molecular complexity index is 680. The van der Waals surface area contributed by atoms with E-state index in [-0.39, 0.29) is 5.91 Å². The second-order valence-electron chi connectivity index (χ2n) is 7.79. The first-order valence-electron chi connectivity index (χ1n) is 10.8. The Morgan fingerprint density at radius 3 is 2.48 bits per heavy atom. The number of aryl methyl sites for hydroxylation is 1. The fourth-order valence-corrected chi connectivity index (χ4v) is 3.88. The smallest absolute Gasteiger partial charge is 0.236 e. The van der Waals surface area contributed by atoms with Crippen LogP contribution in [-0.2, 0) is 4.79 Å². The fraction of sp³-hybridized carbons (Fsp3) is 0.636. The van der Waals surface area contributed by atoms with Crippen molar-refractivity contribution >= 4 is 11.9 Å². The average Bonchev–Trinajstić information content (AvgIpc) is 3.28. The van der Waals surface area contributed by atoms with Crippen molar-refractivity contribution in [3.05, 3.63) is 29.8 Å². The number of para-hydroxylation sites is 1. The van der Waals surface area contributed by atoms with Crippen LogP contribution in [0.25, 0.3) is 0 Å². The molecule has 0 saturated carbocycles. The van der Waals surface area contributed by atoms with E-state index >= 15 is 0 Å². The summed E-state index contributed by atoms with van der Waals surface area (Å²) >= 11 is 0. The Morgan fingerprint density at radius 2 is 1.79 bits per heavy atom. The zero-order valence-corrected chi connectivity index (χ0v) is 17.9. The Hall–Kier alpha value is -2.28. The van der Waals surface area contributed by atoms with Crippen molar-refractivity contribution < 1.29 is 9.53 Å². The van der Waals surface area contributed by atoms with Crippen LogP contribution in [0.5, 0.6) is 5.75 Å². The highest BCUT2D eigenvalue weighted by atomic mass is 16.5. The van der Waals surface area contributed by atoms with Gasteiger partial charge in [-0.3, -0.25) is 14.7 Å². The quantitative estimate of drug-likeness (QED) is 0.427. The van der Waals surface area contributed by atoms with Gasteiger partial charge in [0.2, 0.25) is 5.91 Å². The van der Waals surface area contributed by atoms with Crippen molar-refractivity contribution in [1.82, 2.24) is 20.0 Å². The molecule has 29 heavy (non-hydrogen) atoms. The van der Waals surface area contributed by atoms with Crippen LogP contribution in [0.1, 0.15) is 24.8 Å². The average molecular weight is 402 g/mol. The van der Waals surface area contributed by atoms with Crippen molar-refractivity contribution in [3.63, 3.8) is 0 Å². The molecule has 2 saturated heterocycles. The molecule has 160 valence electrons. The van der Waals surface area contributed by atoms with Gasteiger partial charge in [-0.15, -0.1) is 0 Å². The lowest BCUT2D eigenvalue weighted by Gasteiger charge is -2.36. The van der Waals surface area contributed by atoms with E-state index in [1.54, 1.807) is 0 Å². The molecular formula is C22H35N5O2. The van der Waals surface area contributed by atoms with E-state index in [4.69, 9.17) is 4.74 Å². The van der Waals surface area contributed by atoms with Crippen molar-refractivity contribution in [2.45, 2.75) is 26.2 Å². The first kappa shape index (κ1) is 21.4. The highest BCUT2D eigenvalue weighted by Gasteiger charge is 2.24. The van der Waals surface area contributed by atoms with Gasteiger partial charge in [0.15, 0.2) is 5.96 Å². The molecule has 0 aromatic heterocycles. The summed E-state index contributed by atoms with van der Waals surface area (Å²) in [6.07, 6.45) is 3.21. The molecule has 0 unspecified atom stereocenters. The molecule has 3 rings (SSSR count). The molecular weight excluding hydrogens is 366 g/mol. The summed E-state index contributed by atoms with van der Waals surface area (Å²) in [5.41, 5.74) is 1.16. The number of carbonyl (C=O) groups is 1. The minimum absolute atomic E-state index is 0.284. The van der Waals surface area contributed by atoms with E-state index < -0.39 is 0 Å². The summed E-state index contributed by atoms with van der Waals surface area (Å²) in [7, 11) is 1.83. The zero-order valence-electron chi connectivity index (χ0n) is 17.9. The van der Waals surface area contributed by atoms with Gasteiger partial charge < -0.3 is 19.9 Å². The second-order valence-corrected chi connectivity index (χ2v) is 7.79. The number of nitrogens with one attached hydrogen (secondary N) is 1. The molecule has 0 atom stereocenters. The normalized spacial score (nSPS) is 18.2. The standard InChI is InChI=1S/C22H35N5O2/c1-19-8-3-4-9-20(19)29-17-7-10-24-22(23-2)27-15-13-25(14-16-27)18-21(28)26-11-5-6-12-26/h3-4,8-9H,5-7,10-18H2,1-2H3,(H,23,24). The molecule has 0 bridgehead atoms. The lowest BCUT2D eigenvalue weighted by atomic mass is 10.2. The molecule has 7 nitrogen and oxygen atoms in total. The number of nitrogens with zero attached hydrogens (tertiary/aromatic N) is 4. The summed E-state index contributed by atoms with van der Waals surface area (Å²) in [5, 5.41) is 3.44. The molecule has 2 aliphatic rings. The summed E-state index contributed by atoms with van der Waals surface area (Å²) in [6, 6.07) is 8.10. The fourth-order valence-electron chi connectivity index (χ4n) is 3.88. The third-order valence-corrected chi connectivity index (χ3v) is 5.66. The Balaban J connectivity index is 1.32. The maximum atomic E-state index is 12.3. The van der Waals surface area contributed by atoms with Gasteiger partial charge >= 0.3 is 0 Å². The Kier molecular flexibility index (Phi) is 8.16.